The Bertz CT molecular complexity index is 340. The molecule has 0 radical (unpaired) electrons. The Morgan fingerprint density at radius 2 is 2.06 bits per heavy atom. The van der Waals surface area contributed by atoms with Crippen molar-refractivity contribution in [1.29, 1.82) is 0 Å². The monoisotopic (exact) mass is 242 g/mol. The molecule has 0 aliphatic carbocycles. The van der Waals surface area contributed by atoms with Crippen LogP contribution in [0, 0.1) is 0 Å². The number of hydrogen-bond acceptors (Lipinski definition) is 2. The molecule has 1 aromatic rings. The molecule has 3 N–H and O–H groups in total. The van der Waals surface area contributed by atoms with Gasteiger partial charge in [0.05, 0.1) is 0 Å². The van der Waals surface area contributed by atoms with Crippen LogP contribution in [-0.2, 0) is 0 Å². The van der Waals surface area contributed by atoms with Gasteiger partial charge in [0, 0.05) is 23.4 Å². The summed E-state index contributed by atoms with van der Waals surface area (Å²) in [5, 5.41) is 14.7. The zero-order valence-corrected chi connectivity index (χ0v) is 9.79. The predicted molar refractivity (Wildman–Crippen MR) is 64.8 cm³/mol. The molecule has 88 valence electrons. The Morgan fingerprint density at radius 3 is 2.62 bits per heavy atom. The standard InChI is InChI=1S/C11H15ClN2O2/c1-8(6-7-15)13-11(16)14-10-4-2-9(12)3-5-10/h2-5,8,15H,6-7H2,1H3,(H2,13,14,16)/t8-/m1/s1. The minimum atomic E-state index is -0.289. The summed E-state index contributed by atoms with van der Waals surface area (Å²) in [5.74, 6) is 0. The average molecular weight is 243 g/mol. The molecule has 0 bridgehead atoms. The number of anilines is 1. The Labute approximate surface area is 99.6 Å². The first-order valence-corrected chi connectivity index (χ1v) is 5.43. The maximum Gasteiger partial charge on any atom is 0.319 e. The van der Waals surface area contributed by atoms with E-state index in [9.17, 15) is 4.79 Å². The third-order valence-corrected chi connectivity index (χ3v) is 2.29. The molecule has 0 unspecified atom stereocenters. The second-order valence-corrected chi connectivity index (χ2v) is 3.96. The lowest BCUT2D eigenvalue weighted by Crippen LogP contribution is -2.36. The van der Waals surface area contributed by atoms with E-state index in [1.54, 1.807) is 24.3 Å². The van der Waals surface area contributed by atoms with E-state index in [0.717, 1.165) is 0 Å². The van der Waals surface area contributed by atoms with Gasteiger partial charge >= 0.3 is 6.03 Å². The van der Waals surface area contributed by atoms with Crippen molar-refractivity contribution in [3.63, 3.8) is 0 Å². The van der Waals surface area contributed by atoms with Gasteiger partial charge in [0.1, 0.15) is 0 Å². The molecule has 0 fully saturated rings. The molecule has 0 aliphatic heterocycles. The largest absolute Gasteiger partial charge is 0.396 e. The van der Waals surface area contributed by atoms with Gasteiger partial charge in [-0.25, -0.2) is 4.79 Å². The zero-order valence-electron chi connectivity index (χ0n) is 9.03. The topological polar surface area (TPSA) is 61.4 Å². The van der Waals surface area contributed by atoms with Crippen molar-refractivity contribution < 1.29 is 9.90 Å². The number of hydrogen-bond donors (Lipinski definition) is 3. The Kier molecular flexibility index (Phi) is 5.08. The van der Waals surface area contributed by atoms with E-state index >= 15 is 0 Å². The highest BCUT2D eigenvalue weighted by Crippen LogP contribution is 2.13. The van der Waals surface area contributed by atoms with Gasteiger partial charge in [-0.1, -0.05) is 11.6 Å². The predicted octanol–water partition coefficient (Wildman–Crippen LogP) is 2.23. The van der Waals surface area contributed by atoms with Crippen molar-refractivity contribution in [2.45, 2.75) is 19.4 Å². The van der Waals surface area contributed by atoms with Crippen molar-refractivity contribution in [3.8, 4) is 0 Å². The number of urea groups is 1. The summed E-state index contributed by atoms with van der Waals surface area (Å²) >= 11 is 5.72. The third-order valence-electron chi connectivity index (χ3n) is 2.04. The lowest BCUT2D eigenvalue weighted by Gasteiger charge is -2.13. The van der Waals surface area contributed by atoms with Crippen LogP contribution in [0.1, 0.15) is 13.3 Å². The van der Waals surface area contributed by atoms with Crippen molar-refractivity contribution in [1.82, 2.24) is 5.32 Å². The Balaban J connectivity index is 2.42. The normalized spacial score (nSPS) is 11.9. The molecular weight excluding hydrogens is 228 g/mol. The van der Waals surface area contributed by atoms with Crippen LogP contribution >= 0.6 is 11.6 Å². The number of rotatable bonds is 4. The molecular formula is C11H15ClN2O2. The summed E-state index contributed by atoms with van der Waals surface area (Å²) in [6.45, 7) is 1.89. The van der Waals surface area contributed by atoms with E-state index in [4.69, 9.17) is 16.7 Å². The van der Waals surface area contributed by atoms with E-state index in [1.165, 1.54) is 0 Å². The first-order chi connectivity index (χ1) is 7.61. The van der Waals surface area contributed by atoms with Crippen LogP contribution in [0.15, 0.2) is 24.3 Å². The number of aliphatic hydroxyl groups is 1. The van der Waals surface area contributed by atoms with Gasteiger partial charge < -0.3 is 15.7 Å². The molecule has 0 aliphatic rings. The van der Waals surface area contributed by atoms with Gasteiger partial charge in [0.15, 0.2) is 0 Å². The number of amides is 2. The molecule has 0 spiro atoms. The van der Waals surface area contributed by atoms with Gasteiger partial charge in [-0.3, -0.25) is 0 Å². The maximum absolute atomic E-state index is 11.4. The second kappa shape index (κ2) is 6.35. The fraction of sp³-hybridized carbons (Fsp3) is 0.364. The Hall–Kier alpha value is -1.26. The molecule has 4 nitrogen and oxygen atoms in total. The van der Waals surface area contributed by atoms with E-state index < -0.39 is 0 Å². The van der Waals surface area contributed by atoms with E-state index in [0.29, 0.717) is 17.1 Å². The van der Waals surface area contributed by atoms with Crippen LogP contribution in [0.3, 0.4) is 0 Å². The van der Waals surface area contributed by atoms with Crippen molar-refractivity contribution in [2.24, 2.45) is 0 Å². The zero-order chi connectivity index (χ0) is 12.0. The fourth-order valence-electron chi connectivity index (χ4n) is 1.19. The first-order valence-electron chi connectivity index (χ1n) is 5.05. The summed E-state index contributed by atoms with van der Waals surface area (Å²) in [6.07, 6.45) is 0.536. The maximum atomic E-state index is 11.4. The van der Waals surface area contributed by atoms with Gasteiger partial charge in [0.25, 0.3) is 0 Å². The van der Waals surface area contributed by atoms with Crippen LogP contribution in [0.25, 0.3) is 0 Å². The molecule has 1 atom stereocenters. The van der Waals surface area contributed by atoms with Crippen LogP contribution in [0.5, 0.6) is 0 Å². The summed E-state index contributed by atoms with van der Waals surface area (Å²) in [4.78, 5) is 11.4. The molecule has 0 saturated carbocycles. The van der Waals surface area contributed by atoms with E-state index in [1.807, 2.05) is 6.92 Å². The molecule has 1 rings (SSSR count). The number of benzene rings is 1. The summed E-state index contributed by atoms with van der Waals surface area (Å²) < 4.78 is 0. The van der Waals surface area contributed by atoms with Crippen LogP contribution in [-0.4, -0.2) is 23.8 Å². The SMILES string of the molecule is C[C@H](CCO)NC(=O)Nc1ccc(Cl)cc1. The summed E-state index contributed by atoms with van der Waals surface area (Å²) in [7, 11) is 0. The number of nitrogens with one attached hydrogen (secondary N) is 2. The highest BCUT2D eigenvalue weighted by molar-refractivity contribution is 6.30. The minimum Gasteiger partial charge on any atom is -0.396 e. The highest BCUT2D eigenvalue weighted by Gasteiger charge is 2.06. The van der Waals surface area contributed by atoms with Crippen LogP contribution in [0.4, 0.5) is 10.5 Å². The van der Waals surface area contributed by atoms with E-state index in [2.05, 4.69) is 10.6 Å². The number of carbonyl (C=O) groups is 1. The number of aliphatic hydroxyl groups excluding tert-OH is 1. The quantitative estimate of drug-likeness (QED) is 0.758. The van der Waals surface area contributed by atoms with Crippen molar-refractivity contribution >= 4 is 23.3 Å². The summed E-state index contributed by atoms with van der Waals surface area (Å²) in [6, 6.07) is 6.50. The molecule has 0 aromatic heterocycles. The Morgan fingerprint density at radius 1 is 1.44 bits per heavy atom. The van der Waals surface area contributed by atoms with Gasteiger partial charge in [-0.2, -0.15) is 0 Å². The average Bonchev–Trinajstić information content (AvgIpc) is 2.21. The van der Waals surface area contributed by atoms with E-state index in [-0.39, 0.29) is 18.7 Å². The molecule has 16 heavy (non-hydrogen) atoms. The molecule has 2 amide bonds. The smallest absolute Gasteiger partial charge is 0.319 e. The molecule has 0 heterocycles. The lowest BCUT2D eigenvalue weighted by atomic mass is 10.2. The minimum absolute atomic E-state index is 0.0579. The van der Waals surface area contributed by atoms with Gasteiger partial charge in [-0.15, -0.1) is 0 Å². The highest BCUT2D eigenvalue weighted by atomic mass is 35.5. The first kappa shape index (κ1) is 12.8. The number of carbonyl (C=O) groups excluding carboxylic acids is 1. The summed E-state index contributed by atoms with van der Waals surface area (Å²) in [5.41, 5.74) is 0.679. The molecule has 5 heteroatoms. The van der Waals surface area contributed by atoms with Crippen LogP contribution < -0.4 is 10.6 Å². The van der Waals surface area contributed by atoms with Gasteiger partial charge in [0.2, 0.25) is 0 Å². The molecule has 0 saturated heterocycles. The second-order valence-electron chi connectivity index (χ2n) is 3.52. The van der Waals surface area contributed by atoms with Gasteiger partial charge in [-0.05, 0) is 37.6 Å². The molecule has 1 aromatic carbocycles. The number of halogens is 1. The van der Waals surface area contributed by atoms with Crippen molar-refractivity contribution in [2.75, 3.05) is 11.9 Å². The third kappa shape index (κ3) is 4.51. The fourth-order valence-corrected chi connectivity index (χ4v) is 1.32. The van der Waals surface area contributed by atoms with Crippen LogP contribution in [0.2, 0.25) is 5.02 Å². The van der Waals surface area contributed by atoms with Crippen molar-refractivity contribution in [3.05, 3.63) is 29.3 Å². The lowest BCUT2D eigenvalue weighted by molar-refractivity contribution is 0.241.